The van der Waals surface area contributed by atoms with Crippen LogP contribution in [0.2, 0.25) is 0 Å². The van der Waals surface area contributed by atoms with Gasteiger partial charge in [-0.1, -0.05) is 32.0 Å². The Labute approximate surface area is 150 Å². The zero-order valence-corrected chi connectivity index (χ0v) is 14.5. The molecule has 3 aromatic rings. The predicted molar refractivity (Wildman–Crippen MR) is 97.4 cm³/mol. The molecule has 0 saturated heterocycles. The summed E-state index contributed by atoms with van der Waals surface area (Å²) in [5.74, 6) is 0.297. The highest BCUT2D eigenvalue weighted by atomic mass is 16.5. The van der Waals surface area contributed by atoms with Crippen molar-refractivity contribution in [2.45, 2.75) is 19.9 Å². The normalized spacial score (nSPS) is 12.2. The summed E-state index contributed by atoms with van der Waals surface area (Å²) in [6.45, 7) is 3.67. The van der Waals surface area contributed by atoms with E-state index in [9.17, 15) is 9.59 Å². The Morgan fingerprint density at radius 1 is 1.08 bits per heavy atom. The van der Waals surface area contributed by atoms with Gasteiger partial charge in [-0.05, 0) is 30.2 Å². The van der Waals surface area contributed by atoms with Gasteiger partial charge in [0.05, 0.1) is 5.39 Å². The first-order chi connectivity index (χ1) is 12.5. The largest absolute Gasteiger partial charge is 0.460 e. The van der Waals surface area contributed by atoms with Gasteiger partial charge in [-0.3, -0.25) is 4.79 Å². The average molecular weight is 353 g/mol. The van der Waals surface area contributed by atoms with E-state index in [0.29, 0.717) is 16.7 Å². The number of hydrogen-bond acceptors (Lipinski definition) is 6. The summed E-state index contributed by atoms with van der Waals surface area (Å²) < 4.78 is 16.3. The van der Waals surface area contributed by atoms with Crippen LogP contribution in [0.15, 0.2) is 64.0 Å². The smallest absolute Gasteiger partial charge is 0.328 e. The third-order valence-corrected chi connectivity index (χ3v) is 3.89. The van der Waals surface area contributed by atoms with Crippen molar-refractivity contribution >= 4 is 16.9 Å². The van der Waals surface area contributed by atoms with Crippen molar-refractivity contribution in [3.05, 3.63) is 65.0 Å². The third-order valence-electron chi connectivity index (χ3n) is 3.89. The van der Waals surface area contributed by atoms with Gasteiger partial charge in [0.25, 0.3) is 0 Å². The van der Waals surface area contributed by atoms with Crippen molar-refractivity contribution < 1.29 is 18.7 Å². The van der Waals surface area contributed by atoms with Crippen LogP contribution in [0.3, 0.4) is 0 Å². The fourth-order valence-corrected chi connectivity index (χ4v) is 2.30. The zero-order chi connectivity index (χ0) is 18.7. The SMILES string of the molecule is CC(C)[C@@H](N)C(=O)Oc1ccc2c(=O)c(Oc3ccccc3)coc2c1. The van der Waals surface area contributed by atoms with Crippen LogP contribution in [0.4, 0.5) is 0 Å². The molecule has 2 aromatic carbocycles. The second-order valence-electron chi connectivity index (χ2n) is 6.19. The van der Waals surface area contributed by atoms with Crippen molar-refractivity contribution in [3.63, 3.8) is 0 Å². The van der Waals surface area contributed by atoms with Crippen molar-refractivity contribution in [2.75, 3.05) is 0 Å². The molecule has 0 radical (unpaired) electrons. The maximum Gasteiger partial charge on any atom is 0.328 e. The van der Waals surface area contributed by atoms with Gasteiger partial charge < -0.3 is 19.6 Å². The minimum Gasteiger partial charge on any atom is -0.460 e. The van der Waals surface area contributed by atoms with E-state index < -0.39 is 12.0 Å². The van der Waals surface area contributed by atoms with Crippen LogP contribution in [0.25, 0.3) is 11.0 Å². The van der Waals surface area contributed by atoms with Gasteiger partial charge in [0.15, 0.2) is 0 Å². The molecule has 26 heavy (non-hydrogen) atoms. The highest BCUT2D eigenvalue weighted by Gasteiger charge is 2.20. The van der Waals surface area contributed by atoms with Crippen LogP contribution >= 0.6 is 0 Å². The van der Waals surface area contributed by atoms with Crippen LogP contribution in [0.5, 0.6) is 17.2 Å². The average Bonchev–Trinajstić information content (AvgIpc) is 2.64. The molecular weight excluding hydrogens is 334 g/mol. The van der Waals surface area contributed by atoms with E-state index in [4.69, 9.17) is 19.6 Å². The number of carbonyl (C=O) groups excluding carboxylic acids is 1. The number of fused-ring (bicyclic) bond motifs is 1. The Balaban J connectivity index is 1.87. The number of rotatable bonds is 5. The lowest BCUT2D eigenvalue weighted by Gasteiger charge is -2.14. The maximum atomic E-state index is 12.6. The maximum absolute atomic E-state index is 12.6. The molecule has 2 N–H and O–H groups in total. The van der Waals surface area contributed by atoms with Gasteiger partial charge in [0, 0.05) is 6.07 Å². The quantitative estimate of drug-likeness (QED) is 0.558. The minimum absolute atomic E-state index is 0.0430. The molecule has 0 spiro atoms. The predicted octanol–water partition coefficient (Wildman–Crippen LogP) is 3.47. The lowest BCUT2D eigenvalue weighted by atomic mass is 10.1. The van der Waals surface area contributed by atoms with E-state index in [1.807, 2.05) is 19.9 Å². The van der Waals surface area contributed by atoms with Gasteiger partial charge in [-0.2, -0.15) is 0 Å². The summed E-state index contributed by atoms with van der Waals surface area (Å²) in [5.41, 5.74) is 5.75. The van der Waals surface area contributed by atoms with E-state index in [2.05, 4.69) is 0 Å². The topological polar surface area (TPSA) is 91.8 Å². The van der Waals surface area contributed by atoms with Gasteiger partial charge in [-0.15, -0.1) is 0 Å². The van der Waals surface area contributed by atoms with Crippen molar-refractivity contribution in [2.24, 2.45) is 11.7 Å². The number of nitrogens with two attached hydrogens (primary N) is 1. The standard InChI is InChI=1S/C20H19NO5/c1-12(2)18(21)20(23)26-14-8-9-15-16(10-14)24-11-17(19(15)22)25-13-6-4-3-5-7-13/h3-12,18H,21H2,1-2H3/t18-/m1/s1. The summed E-state index contributed by atoms with van der Waals surface area (Å²) in [6.07, 6.45) is 1.24. The Kier molecular flexibility index (Phi) is 5.04. The van der Waals surface area contributed by atoms with Crippen molar-refractivity contribution in [1.82, 2.24) is 0 Å². The van der Waals surface area contributed by atoms with Crippen LogP contribution in [-0.2, 0) is 4.79 Å². The van der Waals surface area contributed by atoms with Gasteiger partial charge in [0.2, 0.25) is 11.2 Å². The van der Waals surface area contributed by atoms with E-state index >= 15 is 0 Å². The number of carbonyl (C=O) groups is 1. The summed E-state index contributed by atoms with van der Waals surface area (Å²) >= 11 is 0. The zero-order valence-electron chi connectivity index (χ0n) is 14.5. The molecule has 134 valence electrons. The first-order valence-corrected chi connectivity index (χ1v) is 8.21. The number of benzene rings is 2. The molecule has 0 amide bonds. The highest BCUT2D eigenvalue weighted by molar-refractivity contribution is 5.82. The molecule has 0 saturated carbocycles. The Hall–Kier alpha value is -3.12. The first-order valence-electron chi connectivity index (χ1n) is 8.21. The molecule has 0 fully saturated rings. The number of para-hydroxylation sites is 1. The van der Waals surface area contributed by atoms with Crippen LogP contribution in [-0.4, -0.2) is 12.0 Å². The third kappa shape index (κ3) is 3.75. The molecule has 0 unspecified atom stereocenters. The Morgan fingerprint density at radius 3 is 2.50 bits per heavy atom. The van der Waals surface area contributed by atoms with Crippen LogP contribution in [0, 0.1) is 5.92 Å². The molecule has 1 heterocycles. The summed E-state index contributed by atoms with van der Waals surface area (Å²) in [6, 6.07) is 12.8. The van der Waals surface area contributed by atoms with E-state index in [0.717, 1.165) is 0 Å². The molecular formula is C20H19NO5. The first kappa shape index (κ1) is 17.7. The van der Waals surface area contributed by atoms with E-state index in [1.54, 1.807) is 24.3 Å². The number of esters is 1. The summed E-state index contributed by atoms with van der Waals surface area (Å²) in [5, 5.41) is 0.325. The molecule has 6 nitrogen and oxygen atoms in total. The lowest BCUT2D eigenvalue weighted by molar-refractivity contribution is -0.136. The summed E-state index contributed by atoms with van der Waals surface area (Å²) in [7, 11) is 0. The van der Waals surface area contributed by atoms with Crippen molar-refractivity contribution in [3.8, 4) is 17.2 Å². The second kappa shape index (κ2) is 7.41. The van der Waals surface area contributed by atoms with Gasteiger partial charge >= 0.3 is 5.97 Å². The molecule has 1 aromatic heterocycles. The van der Waals surface area contributed by atoms with Gasteiger partial charge in [0.1, 0.15) is 29.4 Å². The van der Waals surface area contributed by atoms with Crippen molar-refractivity contribution in [1.29, 1.82) is 0 Å². The fourth-order valence-electron chi connectivity index (χ4n) is 2.30. The Bertz CT molecular complexity index is 978. The summed E-state index contributed by atoms with van der Waals surface area (Å²) in [4.78, 5) is 24.5. The van der Waals surface area contributed by atoms with E-state index in [1.165, 1.54) is 24.5 Å². The molecule has 0 aliphatic heterocycles. The van der Waals surface area contributed by atoms with Gasteiger partial charge in [-0.25, -0.2) is 4.79 Å². The molecule has 6 heteroatoms. The lowest BCUT2D eigenvalue weighted by Crippen LogP contribution is -2.38. The molecule has 0 aliphatic carbocycles. The molecule has 0 aliphatic rings. The Morgan fingerprint density at radius 2 is 1.81 bits per heavy atom. The minimum atomic E-state index is -0.723. The molecule has 0 bridgehead atoms. The second-order valence-corrected chi connectivity index (χ2v) is 6.19. The highest BCUT2D eigenvalue weighted by Crippen LogP contribution is 2.24. The fraction of sp³-hybridized carbons (Fsp3) is 0.200. The van der Waals surface area contributed by atoms with E-state index in [-0.39, 0.29) is 22.8 Å². The van der Waals surface area contributed by atoms with Crippen LogP contribution in [0.1, 0.15) is 13.8 Å². The molecule has 3 rings (SSSR count). The monoisotopic (exact) mass is 353 g/mol. The number of ether oxygens (including phenoxy) is 2. The number of hydrogen-bond donors (Lipinski definition) is 1. The molecule has 1 atom stereocenters. The van der Waals surface area contributed by atoms with Crippen LogP contribution < -0.4 is 20.6 Å².